The largest absolute Gasteiger partial charge is 0.394 e. The summed E-state index contributed by atoms with van der Waals surface area (Å²) < 4.78 is 7.33. The van der Waals surface area contributed by atoms with Gasteiger partial charge in [-0.25, -0.2) is 15.0 Å². The highest BCUT2D eigenvalue weighted by Gasteiger charge is 2.44. The van der Waals surface area contributed by atoms with Crippen LogP contribution in [0, 0.1) is 3.83 Å². The molecule has 1 unspecified atom stereocenters. The number of aliphatic hydroxyl groups excluding tert-OH is 3. The third-order valence-corrected chi connectivity index (χ3v) is 3.89. The maximum absolute atomic E-state index is 10.0. The number of hydrogen-bond donors (Lipinski definition) is 3. The lowest BCUT2D eigenvalue weighted by Gasteiger charge is -2.16. The molecule has 3 heterocycles. The number of fused-ring (bicyclic) bond motifs is 1. The molecular formula is C10H10ClIN4O4. The third-order valence-electron chi connectivity index (χ3n) is 3.14. The van der Waals surface area contributed by atoms with E-state index >= 15 is 0 Å². The van der Waals surface area contributed by atoms with Crippen LogP contribution >= 0.6 is 34.2 Å². The smallest absolute Gasteiger partial charge is 0.194 e. The molecule has 0 aliphatic carbocycles. The van der Waals surface area contributed by atoms with E-state index in [2.05, 4.69) is 15.0 Å². The fraction of sp³-hybridized carbons (Fsp3) is 0.500. The Hall–Kier alpha value is -0.590. The first-order valence-electron chi connectivity index (χ1n) is 5.71. The molecule has 1 saturated heterocycles. The lowest BCUT2D eigenvalue weighted by Crippen LogP contribution is -2.33. The van der Waals surface area contributed by atoms with Gasteiger partial charge in [0.2, 0.25) is 0 Å². The van der Waals surface area contributed by atoms with Crippen LogP contribution in [0.25, 0.3) is 11.2 Å². The number of aromatic nitrogens is 4. The van der Waals surface area contributed by atoms with Gasteiger partial charge in [0, 0.05) is 22.6 Å². The monoisotopic (exact) mass is 412 g/mol. The van der Waals surface area contributed by atoms with Crippen molar-refractivity contribution >= 4 is 45.4 Å². The molecule has 0 amide bonds. The zero-order chi connectivity index (χ0) is 14.4. The Bertz CT molecular complexity index is 653. The van der Waals surface area contributed by atoms with Crippen molar-refractivity contribution in [2.45, 2.75) is 24.5 Å². The molecule has 2 aromatic rings. The molecule has 2 aromatic heterocycles. The van der Waals surface area contributed by atoms with Crippen LogP contribution < -0.4 is 0 Å². The first kappa shape index (κ1) is 14.4. The lowest BCUT2D eigenvalue weighted by molar-refractivity contribution is -0.0511. The van der Waals surface area contributed by atoms with E-state index in [1.165, 1.54) is 10.9 Å². The van der Waals surface area contributed by atoms with E-state index in [4.69, 9.17) is 21.4 Å². The van der Waals surface area contributed by atoms with E-state index in [1.807, 2.05) is 22.6 Å². The summed E-state index contributed by atoms with van der Waals surface area (Å²) in [5.74, 6) is 0. The molecule has 10 heteroatoms. The molecule has 3 rings (SSSR count). The van der Waals surface area contributed by atoms with Crippen molar-refractivity contribution in [3.05, 3.63) is 15.3 Å². The Morgan fingerprint density at radius 3 is 2.75 bits per heavy atom. The lowest BCUT2D eigenvalue weighted by atomic mass is 10.1. The summed E-state index contributed by atoms with van der Waals surface area (Å²) in [6, 6.07) is 0. The fourth-order valence-electron chi connectivity index (χ4n) is 2.15. The summed E-state index contributed by atoms with van der Waals surface area (Å²) in [5.41, 5.74) is 0.772. The average molecular weight is 413 g/mol. The van der Waals surface area contributed by atoms with Gasteiger partial charge in [-0.3, -0.25) is 4.57 Å². The first-order valence-corrected chi connectivity index (χ1v) is 7.16. The molecule has 8 nitrogen and oxygen atoms in total. The van der Waals surface area contributed by atoms with Gasteiger partial charge in [0.05, 0.1) is 12.9 Å². The summed E-state index contributed by atoms with van der Waals surface area (Å²) in [4.78, 5) is 12.3. The summed E-state index contributed by atoms with van der Waals surface area (Å²) in [6.07, 6.45) is -2.73. The van der Waals surface area contributed by atoms with Crippen LogP contribution in [0.4, 0.5) is 0 Å². The van der Waals surface area contributed by atoms with Gasteiger partial charge in [0.1, 0.15) is 23.8 Å². The highest BCUT2D eigenvalue weighted by molar-refractivity contribution is 14.1. The van der Waals surface area contributed by atoms with Crippen molar-refractivity contribution in [3.8, 4) is 0 Å². The predicted molar refractivity (Wildman–Crippen MR) is 76.1 cm³/mol. The molecule has 0 radical (unpaired) electrons. The summed E-state index contributed by atoms with van der Waals surface area (Å²) in [5, 5.41) is 29.1. The van der Waals surface area contributed by atoms with Gasteiger partial charge in [-0.1, -0.05) is 11.6 Å². The Balaban J connectivity index is 2.07. The van der Waals surface area contributed by atoms with E-state index in [0.717, 1.165) is 0 Å². The molecule has 0 aromatic carbocycles. The van der Waals surface area contributed by atoms with Crippen LogP contribution in [-0.2, 0) is 4.74 Å². The maximum atomic E-state index is 10.0. The van der Waals surface area contributed by atoms with Crippen molar-refractivity contribution in [2.24, 2.45) is 0 Å². The van der Waals surface area contributed by atoms with Gasteiger partial charge in [-0.2, -0.15) is 0 Å². The zero-order valence-corrected chi connectivity index (χ0v) is 12.8. The molecule has 1 aliphatic rings. The van der Waals surface area contributed by atoms with Crippen LogP contribution in [0.5, 0.6) is 0 Å². The van der Waals surface area contributed by atoms with Crippen molar-refractivity contribution in [1.82, 2.24) is 19.5 Å². The molecule has 0 spiro atoms. The normalized spacial score (nSPS) is 30.2. The minimum Gasteiger partial charge on any atom is -0.394 e. The number of hydrogen-bond acceptors (Lipinski definition) is 7. The Morgan fingerprint density at radius 2 is 2.10 bits per heavy atom. The molecular weight excluding hydrogens is 402 g/mol. The highest BCUT2D eigenvalue weighted by atomic mass is 127. The Labute approximate surface area is 131 Å². The second-order valence-corrected chi connectivity index (χ2v) is 5.66. The Kier molecular flexibility index (Phi) is 3.81. The number of halogens is 2. The topological polar surface area (TPSA) is 114 Å². The van der Waals surface area contributed by atoms with E-state index in [0.29, 0.717) is 15.0 Å². The van der Waals surface area contributed by atoms with Crippen molar-refractivity contribution in [1.29, 1.82) is 0 Å². The SMILES string of the molecule is OC[C@H]1O[C@@H](n2cnc3c(Cl)nc(I)nc32)[C@@H](O)C1O. The first-order chi connectivity index (χ1) is 9.52. The minimum absolute atomic E-state index is 0.199. The van der Waals surface area contributed by atoms with Gasteiger partial charge >= 0.3 is 0 Å². The van der Waals surface area contributed by atoms with Crippen LogP contribution in [0.15, 0.2) is 6.33 Å². The summed E-state index contributed by atoms with van der Waals surface area (Å²) in [7, 11) is 0. The molecule has 4 atom stereocenters. The highest BCUT2D eigenvalue weighted by Crippen LogP contribution is 2.32. The van der Waals surface area contributed by atoms with Crippen molar-refractivity contribution in [3.63, 3.8) is 0 Å². The van der Waals surface area contributed by atoms with Gasteiger partial charge in [0.15, 0.2) is 20.9 Å². The minimum atomic E-state index is -1.20. The second kappa shape index (κ2) is 5.31. The summed E-state index contributed by atoms with van der Waals surface area (Å²) in [6.45, 7) is -0.394. The molecule has 108 valence electrons. The molecule has 1 fully saturated rings. The number of aliphatic hydroxyl groups is 3. The molecule has 0 saturated carbocycles. The number of nitrogens with zero attached hydrogens (tertiary/aromatic N) is 4. The molecule has 3 N–H and O–H groups in total. The number of rotatable bonds is 2. The van der Waals surface area contributed by atoms with Crippen LogP contribution in [0.2, 0.25) is 5.15 Å². The van der Waals surface area contributed by atoms with E-state index in [9.17, 15) is 10.2 Å². The van der Waals surface area contributed by atoms with Gasteiger partial charge in [-0.15, -0.1) is 0 Å². The van der Waals surface area contributed by atoms with Crippen LogP contribution in [0.1, 0.15) is 6.23 Å². The van der Waals surface area contributed by atoms with Gasteiger partial charge in [0.25, 0.3) is 0 Å². The van der Waals surface area contributed by atoms with E-state index in [1.54, 1.807) is 0 Å². The van der Waals surface area contributed by atoms with Crippen molar-refractivity contribution < 1.29 is 20.1 Å². The maximum Gasteiger partial charge on any atom is 0.194 e. The molecule has 1 aliphatic heterocycles. The zero-order valence-electron chi connectivity index (χ0n) is 9.89. The van der Waals surface area contributed by atoms with Gasteiger partial charge in [-0.05, 0) is 0 Å². The Morgan fingerprint density at radius 1 is 1.35 bits per heavy atom. The second-order valence-electron chi connectivity index (χ2n) is 4.34. The third kappa shape index (κ3) is 2.18. The standard InChI is InChI=1S/C10H10ClIN4O4/c11-7-4-8(15-10(12)14-7)16(2-13-4)9-6(19)5(18)3(1-17)20-9/h2-3,5-6,9,17-19H,1H2/t3-,5?,6+,9-/m1/s1. The number of imidazole rings is 1. The predicted octanol–water partition coefficient (Wildman–Crippen LogP) is -0.304. The van der Waals surface area contributed by atoms with Crippen molar-refractivity contribution in [2.75, 3.05) is 6.61 Å². The van der Waals surface area contributed by atoms with Crippen LogP contribution in [-0.4, -0.2) is 59.8 Å². The van der Waals surface area contributed by atoms with Crippen LogP contribution in [0.3, 0.4) is 0 Å². The summed E-state index contributed by atoms with van der Waals surface area (Å²) >= 11 is 7.89. The van der Waals surface area contributed by atoms with Gasteiger partial charge < -0.3 is 20.1 Å². The number of ether oxygens (including phenoxy) is 1. The molecule has 0 bridgehead atoms. The quantitative estimate of drug-likeness (QED) is 0.352. The molecule has 20 heavy (non-hydrogen) atoms. The van der Waals surface area contributed by atoms with E-state index < -0.39 is 31.1 Å². The average Bonchev–Trinajstić information content (AvgIpc) is 2.93. The fourth-order valence-corrected chi connectivity index (χ4v) is 2.98. The van der Waals surface area contributed by atoms with E-state index in [-0.39, 0.29) is 5.15 Å².